The van der Waals surface area contributed by atoms with Gasteiger partial charge in [0.25, 0.3) is 0 Å². The summed E-state index contributed by atoms with van der Waals surface area (Å²) in [4.78, 5) is 12.5. The summed E-state index contributed by atoms with van der Waals surface area (Å²) < 4.78 is 5.29. The lowest BCUT2D eigenvalue weighted by Crippen LogP contribution is -2.21. The Kier molecular flexibility index (Phi) is 4.81. The largest absolute Gasteiger partial charge is 0.489 e. The molecule has 0 radical (unpaired) electrons. The molecule has 0 bridgehead atoms. The van der Waals surface area contributed by atoms with Gasteiger partial charge in [0.1, 0.15) is 12.9 Å². The van der Waals surface area contributed by atoms with Crippen LogP contribution in [-0.2, 0) is 4.84 Å². The van der Waals surface area contributed by atoms with E-state index in [4.69, 9.17) is 9.57 Å². The van der Waals surface area contributed by atoms with E-state index in [2.05, 4.69) is 15.4 Å². The normalized spacial score (nSPS) is 9.92. The summed E-state index contributed by atoms with van der Waals surface area (Å²) in [7, 11) is 0. The van der Waals surface area contributed by atoms with Crippen molar-refractivity contribution in [2.24, 2.45) is 0 Å². The zero-order chi connectivity index (χ0) is 9.36. The minimum Gasteiger partial charge on any atom is -0.489 e. The first-order chi connectivity index (χ1) is 6.43. The molecule has 1 aromatic rings. The molecule has 0 unspecified atom stereocenters. The van der Waals surface area contributed by atoms with Gasteiger partial charge < -0.3 is 9.57 Å². The van der Waals surface area contributed by atoms with Crippen LogP contribution >= 0.6 is 0 Å². The summed E-state index contributed by atoms with van der Waals surface area (Å²) in [5.41, 5.74) is 2.74. The number of nitrogens with zero attached hydrogens (tertiary/aromatic N) is 2. The number of rotatable bonds is 6. The van der Waals surface area contributed by atoms with Gasteiger partial charge in [0.05, 0.1) is 25.5 Å². The first kappa shape index (κ1) is 9.88. The van der Waals surface area contributed by atoms with Crippen LogP contribution in [0.2, 0.25) is 0 Å². The van der Waals surface area contributed by atoms with Crippen LogP contribution in [0.25, 0.3) is 0 Å². The van der Waals surface area contributed by atoms with Gasteiger partial charge in [0.15, 0.2) is 5.75 Å². The van der Waals surface area contributed by atoms with Gasteiger partial charge in [0, 0.05) is 0 Å². The van der Waals surface area contributed by atoms with Crippen molar-refractivity contribution in [1.82, 2.24) is 15.4 Å². The second-order valence-electron chi connectivity index (χ2n) is 2.25. The fourth-order valence-corrected chi connectivity index (χ4v) is 0.745. The Morgan fingerprint density at radius 1 is 1.38 bits per heavy atom. The molecule has 0 atom stereocenters. The zero-order valence-corrected chi connectivity index (χ0v) is 7.56. The molecule has 13 heavy (non-hydrogen) atoms. The van der Waals surface area contributed by atoms with Gasteiger partial charge in [-0.1, -0.05) is 0 Å². The van der Waals surface area contributed by atoms with E-state index < -0.39 is 0 Å². The highest BCUT2D eigenvalue weighted by atomic mass is 16.6. The number of ether oxygens (including phenoxy) is 1. The number of hydrogen-bond acceptors (Lipinski definition) is 5. The van der Waals surface area contributed by atoms with Crippen molar-refractivity contribution < 1.29 is 9.57 Å². The standard InChI is InChI=1S/C8H13N3O2/c1-2-13-11-3-4-12-8-5-9-7-10-6-8/h5-7,11H,2-4H2,1H3. The van der Waals surface area contributed by atoms with E-state index in [-0.39, 0.29) is 0 Å². The molecular formula is C8H13N3O2. The summed E-state index contributed by atoms with van der Waals surface area (Å²) in [5, 5.41) is 0. The van der Waals surface area contributed by atoms with Crippen LogP contribution < -0.4 is 10.2 Å². The van der Waals surface area contributed by atoms with Crippen molar-refractivity contribution >= 4 is 0 Å². The van der Waals surface area contributed by atoms with Gasteiger partial charge in [-0.3, -0.25) is 0 Å². The Morgan fingerprint density at radius 2 is 2.15 bits per heavy atom. The molecule has 0 aromatic carbocycles. The third-order valence-electron chi connectivity index (χ3n) is 1.26. The molecule has 0 saturated carbocycles. The molecule has 0 aliphatic heterocycles. The molecule has 5 heteroatoms. The second kappa shape index (κ2) is 6.33. The SMILES string of the molecule is CCONCCOc1cncnc1. The van der Waals surface area contributed by atoms with Gasteiger partial charge in [-0.15, -0.1) is 0 Å². The van der Waals surface area contributed by atoms with Crippen LogP contribution in [0.15, 0.2) is 18.7 Å². The van der Waals surface area contributed by atoms with Crippen LogP contribution in [0, 0.1) is 0 Å². The van der Waals surface area contributed by atoms with Crippen molar-refractivity contribution in [2.45, 2.75) is 6.92 Å². The Labute approximate surface area is 77.1 Å². The van der Waals surface area contributed by atoms with Crippen LogP contribution in [0.1, 0.15) is 6.92 Å². The van der Waals surface area contributed by atoms with Gasteiger partial charge in [-0.25, -0.2) is 9.97 Å². The van der Waals surface area contributed by atoms with E-state index in [1.807, 2.05) is 6.92 Å². The third kappa shape index (κ3) is 4.39. The summed E-state index contributed by atoms with van der Waals surface area (Å²) in [5.74, 6) is 0.667. The molecule has 72 valence electrons. The number of aromatic nitrogens is 2. The van der Waals surface area contributed by atoms with Crippen molar-refractivity contribution in [3.05, 3.63) is 18.7 Å². The van der Waals surface area contributed by atoms with E-state index in [0.717, 1.165) is 0 Å². The lowest BCUT2D eigenvalue weighted by atomic mass is 10.6. The molecule has 1 aromatic heterocycles. The average Bonchev–Trinajstić information content (AvgIpc) is 2.19. The van der Waals surface area contributed by atoms with Crippen molar-refractivity contribution in [3.8, 4) is 5.75 Å². The lowest BCUT2D eigenvalue weighted by molar-refractivity contribution is 0.0432. The first-order valence-corrected chi connectivity index (χ1v) is 4.16. The highest BCUT2D eigenvalue weighted by molar-refractivity contribution is 5.09. The van der Waals surface area contributed by atoms with E-state index >= 15 is 0 Å². The first-order valence-electron chi connectivity index (χ1n) is 4.16. The number of nitrogens with one attached hydrogen (secondary N) is 1. The molecule has 0 fully saturated rings. The Hall–Kier alpha value is -1.20. The van der Waals surface area contributed by atoms with Crippen LogP contribution in [0.3, 0.4) is 0 Å². The van der Waals surface area contributed by atoms with E-state index in [9.17, 15) is 0 Å². The fourth-order valence-electron chi connectivity index (χ4n) is 0.745. The Bertz CT molecular complexity index is 218. The maximum atomic E-state index is 5.29. The van der Waals surface area contributed by atoms with E-state index in [1.54, 1.807) is 12.4 Å². The molecule has 0 amide bonds. The highest BCUT2D eigenvalue weighted by Gasteiger charge is 1.91. The Morgan fingerprint density at radius 3 is 2.85 bits per heavy atom. The monoisotopic (exact) mass is 183 g/mol. The van der Waals surface area contributed by atoms with E-state index in [1.165, 1.54) is 6.33 Å². The maximum absolute atomic E-state index is 5.29. The molecule has 0 aliphatic rings. The third-order valence-corrected chi connectivity index (χ3v) is 1.26. The number of hydrogen-bond donors (Lipinski definition) is 1. The predicted octanol–water partition coefficient (Wildman–Crippen LogP) is 0.396. The van der Waals surface area contributed by atoms with Gasteiger partial charge in [-0.05, 0) is 6.92 Å². The predicted molar refractivity (Wildman–Crippen MR) is 47.2 cm³/mol. The van der Waals surface area contributed by atoms with Crippen molar-refractivity contribution in [3.63, 3.8) is 0 Å². The fraction of sp³-hybridized carbons (Fsp3) is 0.500. The highest BCUT2D eigenvalue weighted by Crippen LogP contribution is 2.02. The van der Waals surface area contributed by atoms with Gasteiger partial charge in [-0.2, -0.15) is 5.48 Å². The topological polar surface area (TPSA) is 56.3 Å². The molecule has 0 aliphatic carbocycles. The quantitative estimate of drug-likeness (QED) is 0.511. The second-order valence-corrected chi connectivity index (χ2v) is 2.25. The minimum atomic E-state index is 0.535. The van der Waals surface area contributed by atoms with E-state index in [0.29, 0.717) is 25.5 Å². The summed E-state index contributed by atoms with van der Waals surface area (Å²) in [6, 6.07) is 0. The summed E-state index contributed by atoms with van der Waals surface area (Å²) >= 11 is 0. The number of hydroxylamine groups is 1. The van der Waals surface area contributed by atoms with Crippen molar-refractivity contribution in [1.29, 1.82) is 0 Å². The molecule has 0 saturated heterocycles. The lowest BCUT2D eigenvalue weighted by Gasteiger charge is -2.05. The van der Waals surface area contributed by atoms with Gasteiger partial charge >= 0.3 is 0 Å². The molecular weight excluding hydrogens is 170 g/mol. The molecule has 5 nitrogen and oxygen atoms in total. The van der Waals surface area contributed by atoms with Crippen LogP contribution in [0.4, 0.5) is 0 Å². The minimum absolute atomic E-state index is 0.535. The molecule has 0 spiro atoms. The zero-order valence-electron chi connectivity index (χ0n) is 7.56. The molecule has 1 rings (SSSR count). The summed E-state index contributed by atoms with van der Waals surface area (Å²) in [6.07, 6.45) is 4.70. The van der Waals surface area contributed by atoms with Crippen LogP contribution in [-0.4, -0.2) is 29.7 Å². The average molecular weight is 183 g/mol. The Balaban J connectivity index is 2.07. The van der Waals surface area contributed by atoms with Crippen molar-refractivity contribution in [2.75, 3.05) is 19.8 Å². The molecule has 1 N–H and O–H groups in total. The van der Waals surface area contributed by atoms with Gasteiger partial charge in [0.2, 0.25) is 0 Å². The van der Waals surface area contributed by atoms with Crippen LogP contribution in [0.5, 0.6) is 5.75 Å². The smallest absolute Gasteiger partial charge is 0.155 e. The maximum Gasteiger partial charge on any atom is 0.155 e. The summed E-state index contributed by atoms with van der Waals surface area (Å²) in [6.45, 7) is 3.74. The molecule has 1 heterocycles.